The van der Waals surface area contributed by atoms with Crippen molar-refractivity contribution in [1.82, 2.24) is 0 Å². The number of amides is 1. The van der Waals surface area contributed by atoms with Gasteiger partial charge < -0.3 is 16.0 Å². The van der Waals surface area contributed by atoms with Crippen molar-refractivity contribution in [2.75, 3.05) is 30.9 Å². The molecule has 0 saturated heterocycles. The number of hydrogen-bond acceptors (Lipinski definition) is 3. The molecule has 2 rings (SSSR count). The third-order valence-corrected chi connectivity index (χ3v) is 4.19. The van der Waals surface area contributed by atoms with Gasteiger partial charge in [0.2, 0.25) is 5.91 Å². The molecule has 1 aliphatic rings. The fraction of sp³-hybridized carbons (Fsp3) is 0.562. The molecule has 3 N–H and O–H groups in total. The van der Waals surface area contributed by atoms with E-state index >= 15 is 0 Å². The first-order valence-electron chi connectivity index (χ1n) is 7.39. The molecule has 1 aliphatic carbocycles. The summed E-state index contributed by atoms with van der Waals surface area (Å²) >= 11 is 0. The SMILES string of the molecule is CN(C)c1ccccc1NC(=O)C1CCC(CN)CC1. The quantitative estimate of drug-likeness (QED) is 0.887. The summed E-state index contributed by atoms with van der Waals surface area (Å²) in [5.41, 5.74) is 7.63. The molecule has 0 aromatic heterocycles. The molecule has 0 bridgehead atoms. The molecule has 4 heteroatoms. The Labute approximate surface area is 121 Å². The topological polar surface area (TPSA) is 58.4 Å². The van der Waals surface area contributed by atoms with E-state index in [2.05, 4.69) is 5.32 Å². The second-order valence-electron chi connectivity index (χ2n) is 5.85. The molecule has 0 radical (unpaired) electrons. The third kappa shape index (κ3) is 3.51. The number of hydrogen-bond donors (Lipinski definition) is 2. The monoisotopic (exact) mass is 275 g/mol. The van der Waals surface area contributed by atoms with Crippen LogP contribution >= 0.6 is 0 Å². The number of benzene rings is 1. The van der Waals surface area contributed by atoms with Crippen LogP contribution in [0.5, 0.6) is 0 Å². The van der Waals surface area contributed by atoms with E-state index in [1.54, 1.807) is 0 Å². The van der Waals surface area contributed by atoms with E-state index in [0.717, 1.165) is 43.6 Å². The summed E-state index contributed by atoms with van der Waals surface area (Å²) in [5.74, 6) is 0.885. The third-order valence-electron chi connectivity index (χ3n) is 4.19. The molecule has 1 amide bonds. The minimum absolute atomic E-state index is 0.132. The highest BCUT2D eigenvalue weighted by atomic mass is 16.1. The summed E-state index contributed by atoms with van der Waals surface area (Å²) in [6, 6.07) is 7.91. The molecule has 0 aliphatic heterocycles. The number of nitrogens with one attached hydrogen (secondary N) is 1. The lowest BCUT2D eigenvalue weighted by Crippen LogP contribution is -2.29. The summed E-state index contributed by atoms with van der Waals surface area (Å²) in [6.45, 7) is 0.748. The van der Waals surface area contributed by atoms with Crippen molar-refractivity contribution in [2.24, 2.45) is 17.6 Å². The van der Waals surface area contributed by atoms with Gasteiger partial charge in [-0.05, 0) is 50.3 Å². The zero-order valence-electron chi connectivity index (χ0n) is 12.4. The predicted molar refractivity (Wildman–Crippen MR) is 83.9 cm³/mol. The minimum Gasteiger partial charge on any atom is -0.376 e. The second-order valence-corrected chi connectivity index (χ2v) is 5.85. The van der Waals surface area contributed by atoms with Gasteiger partial charge >= 0.3 is 0 Å². The van der Waals surface area contributed by atoms with Crippen LogP contribution < -0.4 is 16.0 Å². The Bertz CT molecular complexity index is 451. The van der Waals surface area contributed by atoms with E-state index in [0.29, 0.717) is 5.92 Å². The number of rotatable bonds is 4. The summed E-state index contributed by atoms with van der Waals surface area (Å²) < 4.78 is 0. The number of nitrogens with zero attached hydrogens (tertiary/aromatic N) is 1. The standard InChI is InChI=1S/C16H25N3O/c1-19(2)15-6-4-3-5-14(15)18-16(20)13-9-7-12(11-17)8-10-13/h3-6,12-13H,7-11,17H2,1-2H3,(H,18,20). The molecular weight excluding hydrogens is 250 g/mol. The number of nitrogens with two attached hydrogens (primary N) is 1. The van der Waals surface area contributed by atoms with Gasteiger partial charge in [0.1, 0.15) is 0 Å². The summed E-state index contributed by atoms with van der Waals surface area (Å²) in [5, 5.41) is 3.08. The Morgan fingerprint density at radius 3 is 2.50 bits per heavy atom. The molecule has 1 fully saturated rings. The number of carbonyl (C=O) groups excluding carboxylic acids is 1. The number of anilines is 2. The van der Waals surface area contributed by atoms with Crippen molar-refractivity contribution >= 4 is 17.3 Å². The zero-order valence-corrected chi connectivity index (χ0v) is 12.4. The average molecular weight is 275 g/mol. The van der Waals surface area contributed by atoms with Gasteiger partial charge in [0.15, 0.2) is 0 Å². The fourth-order valence-corrected chi connectivity index (χ4v) is 2.86. The first-order chi connectivity index (χ1) is 9.61. The van der Waals surface area contributed by atoms with Gasteiger partial charge in [-0.1, -0.05) is 12.1 Å². The van der Waals surface area contributed by atoms with E-state index in [1.165, 1.54) is 0 Å². The van der Waals surface area contributed by atoms with Crippen molar-refractivity contribution < 1.29 is 4.79 Å². The van der Waals surface area contributed by atoms with Gasteiger partial charge in [0.25, 0.3) is 0 Å². The Kier molecular flexibility index (Phi) is 5.01. The van der Waals surface area contributed by atoms with Crippen molar-refractivity contribution in [3.8, 4) is 0 Å². The molecule has 0 spiro atoms. The Hall–Kier alpha value is -1.55. The van der Waals surface area contributed by atoms with Crippen molar-refractivity contribution in [1.29, 1.82) is 0 Å². The Morgan fingerprint density at radius 1 is 1.25 bits per heavy atom. The lowest BCUT2D eigenvalue weighted by molar-refractivity contribution is -0.121. The molecule has 0 heterocycles. The van der Waals surface area contributed by atoms with Crippen molar-refractivity contribution in [3.63, 3.8) is 0 Å². The van der Waals surface area contributed by atoms with Gasteiger partial charge in [-0.15, -0.1) is 0 Å². The van der Waals surface area contributed by atoms with Crippen LogP contribution in [0, 0.1) is 11.8 Å². The van der Waals surface area contributed by atoms with Crippen molar-refractivity contribution in [2.45, 2.75) is 25.7 Å². The summed E-state index contributed by atoms with van der Waals surface area (Å²) in [7, 11) is 3.97. The normalized spacial score (nSPS) is 22.4. The molecule has 1 aromatic rings. The van der Waals surface area contributed by atoms with Crippen LogP contribution in [0.1, 0.15) is 25.7 Å². The van der Waals surface area contributed by atoms with Gasteiger partial charge in [-0.3, -0.25) is 4.79 Å². The van der Waals surface area contributed by atoms with E-state index in [-0.39, 0.29) is 11.8 Å². The van der Waals surface area contributed by atoms with E-state index < -0.39 is 0 Å². The molecule has 1 aromatic carbocycles. The highest BCUT2D eigenvalue weighted by Crippen LogP contribution is 2.30. The fourth-order valence-electron chi connectivity index (χ4n) is 2.86. The van der Waals surface area contributed by atoms with Crippen LogP contribution in [0.15, 0.2) is 24.3 Å². The van der Waals surface area contributed by atoms with Crippen LogP contribution in [0.25, 0.3) is 0 Å². The first-order valence-corrected chi connectivity index (χ1v) is 7.39. The van der Waals surface area contributed by atoms with Gasteiger partial charge in [0, 0.05) is 20.0 Å². The molecule has 0 atom stereocenters. The molecule has 4 nitrogen and oxygen atoms in total. The Morgan fingerprint density at radius 2 is 1.90 bits per heavy atom. The summed E-state index contributed by atoms with van der Waals surface area (Å²) in [6.07, 6.45) is 4.06. The molecular formula is C16H25N3O. The van der Waals surface area contributed by atoms with Crippen molar-refractivity contribution in [3.05, 3.63) is 24.3 Å². The average Bonchev–Trinajstić information content (AvgIpc) is 2.47. The maximum absolute atomic E-state index is 12.4. The lowest BCUT2D eigenvalue weighted by atomic mass is 9.81. The van der Waals surface area contributed by atoms with E-state index in [4.69, 9.17) is 5.73 Å². The predicted octanol–water partition coefficient (Wildman–Crippen LogP) is 2.46. The van der Waals surface area contributed by atoms with Crippen LogP contribution in [0.2, 0.25) is 0 Å². The van der Waals surface area contributed by atoms with E-state index in [1.807, 2.05) is 43.3 Å². The van der Waals surface area contributed by atoms with E-state index in [9.17, 15) is 4.79 Å². The molecule has 110 valence electrons. The zero-order chi connectivity index (χ0) is 14.5. The second kappa shape index (κ2) is 6.75. The van der Waals surface area contributed by atoms with Crippen LogP contribution in [-0.2, 0) is 4.79 Å². The highest BCUT2D eigenvalue weighted by molar-refractivity contribution is 5.95. The number of para-hydroxylation sites is 2. The smallest absolute Gasteiger partial charge is 0.227 e. The molecule has 1 saturated carbocycles. The lowest BCUT2D eigenvalue weighted by Gasteiger charge is -2.27. The van der Waals surface area contributed by atoms with Crippen LogP contribution in [0.4, 0.5) is 11.4 Å². The first kappa shape index (κ1) is 14.9. The maximum Gasteiger partial charge on any atom is 0.227 e. The van der Waals surface area contributed by atoms with Crippen LogP contribution in [0.3, 0.4) is 0 Å². The van der Waals surface area contributed by atoms with Crippen LogP contribution in [-0.4, -0.2) is 26.5 Å². The highest BCUT2D eigenvalue weighted by Gasteiger charge is 2.26. The largest absolute Gasteiger partial charge is 0.376 e. The molecule has 0 unspecified atom stereocenters. The van der Waals surface area contributed by atoms with Gasteiger partial charge in [-0.2, -0.15) is 0 Å². The molecule has 20 heavy (non-hydrogen) atoms. The Balaban J connectivity index is 1.98. The number of carbonyl (C=O) groups is 1. The minimum atomic E-state index is 0.132. The van der Waals surface area contributed by atoms with Gasteiger partial charge in [0.05, 0.1) is 11.4 Å². The maximum atomic E-state index is 12.4. The van der Waals surface area contributed by atoms with Gasteiger partial charge in [-0.25, -0.2) is 0 Å². The summed E-state index contributed by atoms with van der Waals surface area (Å²) in [4.78, 5) is 14.4.